The van der Waals surface area contributed by atoms with Crippen molar-refractivity contribution in [3.05, 3.63) is 12.2 Å². The van der Waals surface area contributed by atoms with Crippen molar-refractivity contribution in [2.45, 2.75) is 83.7 Å². The maximum absolute atomic E-state index is 12.8. The Morgan fingerprint density at radius 2 is 1.73 bits per heavy atom. The maximum atomic E-state index is 12.8. The Bertz CT molecular complexity index is 714. The molecule has 0 saturated carbocycles. The molecule has 2 N–H and O–H groups in total. The topological polar surface area (TPSA) is 127 Å². The molecule has 0 radical (unpaired) electrons. The molecule has 0 aliphatic carbocycles. The van der Waals surface area contributed by atoms with Gasteiger partial charge >= 0.3 is 29.6 Å². The molecule has 0 saturated heterocycles. The number of allylic oxidation sites excluding steroid dienone is 2. The van der Waals surface area contributed by atoms with Crippen LogP contribution in [0.4, 0.5) is 0 Å². The second-order valence-electron chi connectivity index (χ2n) is 8.78. The van der Waals surface area contributed by atoms with Gasteiger partial charge in [0.2, 0.25) is 5.78 Å². The molecule has 8 nitrogen and oxygen atoms in total. The molecule has 2 atom stereocenters. The van der Waals surface area contributed by atoms with Crippen molar-refractivity contribution >= 4 is 21.7 Å². The van der Waals surface area contributed by atoms with E-state index >= 15 is 0 Å². The summed E-state index contributed by atoms with van der Waals surface area (Å²) >= 11 is 0. The normalized spacial score (nSPS) is 19.5. The summed E-state index contributed by atoms with van der Waals surface area (Å²) < 4.78 is 32.8. The van der Waals surface area contributed by atoms with E-state index in [1.165, 1.54) is 44.9 Å². The third-order valence-electron chi connectivity index (χ3n) is 5.89. The van der Waals surface area contributed by atoms with Gasteiger partial charge in [0.05, 0.1) is 29.0 Å². The van der Waals surface area contributed by atoms with E-state index < -0.39 is 22.0 Å². The summed E-state index contributed by atoms with van der Waals surface area (Å²) in [4.78, 5) is 17.1. The fourth-order valence-electron chi connectivity index (χ4n) is 4.27. The maximum Gasteiger partial charge on any atom is 1.00 e. The predicted molar refractivity (Wildman–Crippen MR) is 125 cm³/mol. The fourth-order valence-corrected chi connectivity index (χ4v) is 4.85. The van der Waals surface area contributed by atoms with Crippen molar-refractivity contribution in [2.24, 2.45) is 4.99 Å². The van der Waals surface area contributed by atoms with Crippen LogP contribution < -0.4 is 29.6 Å². The Morgan fingerprint density at radius 3 is 2.33 bits per heavy atom. The van der Waals surface area contributed by atoms with Gasteiger partial charge in [-0.05, 0) is 25.7 Å². The van der Waals surface area contributed by atoms with Crippen molar-refractivity contribution in [2.75, 3.05) is 38.5 Å². The largest absolute Gasteiger partial charge is 1.00 e. The molecule has 186 valence electrons. The van der Waals surface area contributed by atoms with Crippen LogP contribution in [0.3, 0.4) is 0 Å². The third kappa shape index (κ3) is 14.1. The number of ketones is 1. The Morgan fingerprint density at radius 1 is 1.12 bits per heavy atom. The fraction of sp³-hybridized carbons (Fsp3) is 0.826. The van der Waals surface area contributed by atoms with Gasteiger partial charge in [-0.1, -0.05) is 57.6 Å². The zero-order valence-electron chi connectivity index (χ0n) is 20.6. The summed E-state index contributed by atoms with van der Waals surface area (Å²) in [6.07, 6.45) is 14.7. The number of aliphatic hydroxyl groups is 2. The standard InChI is InChI=1S/C23H42N2O6S.Na/c1-2-3-4-5-6-7-8-9-10-11-12-13-14-22(28)23-24-15-16-25(23,17-18-26)19-21(27)20-32(29,30)31;/h10-11,21,26-27H,2-9,12-20H2,1H3;/q;+1/b11-10+;. The predicted octanol–water partition coefficient (Wildman–Crippen LogP) is -0.446. The van der Waals surface area contributed by atoms with Gasteiger partial charge in [0.15, 0.2) is 0 Å². The van der Waals surface area contributed by atoms with Crippen LogP contribution in [0.1, 0.15) is 77.6 Å². The average Bonchev–Trinajstić information content (AvgIpc) is 3.10. The molecule has 0 fully saturated rings. The van der Waals surface area contributed by atoms with Crippen LogP contribution in [0.15, 0.2) is 17.1 Å². The van der Waals surface area contributed by atoms with Gasteiger partial charge in [-0.3, -0.25) is 9.28 Å². The first-order chi connectivity index (χ1) is 15.2. The zero-order chi connectivity index (χ0) is 23.9. The number of aliphatic imine (C=N–C) groups is 1. The number of rotatable bonds is 19. The SMILES string of the molecule is CCCCCCCCC/C=C/CCCC(=O)C1=NCC[N+]1(CCO)CC(O)CS(=O)(=O)[O-].[Na+]. The molecule has 1 aliphatic heterocycles. The number of quaternary nitrogens is 1. The van der Waals surface area contributed by atoms with E-state index in [0.717, 1.165) is 12.8 Å². The minimum atomic E-state index is -4.58. The smallest absolute Gasteiger partial charge is 0.748 e. The van der Waals surface area contributed by atoms with Crippen molar-refractivity contribution in [3.8, 4) is 0 Å². The number of unbranched alkanes of at least 4 members (excludes halogenated alkanes) is 8. The third-order valence-corrected chi connectivity index (χ3v) is 6.68. The van der Waals surface area contributed by atoms with E-state index in [4.69, 9.17) is 0 Å². The average molecular weight is 498 g/mol. The number of amidine groups is 1. The number of hydrogen-bond donors (Lipinski definition) is 2. The molecule has 33 heavy (non-hydrogen) atoms. The first kappa shape index (κ1) is 32.9. The molecule has 10 heteroatoms. The van der Waals surface area contributed by atoms with Crippen LogP contribution in [-0.4, -0.2) is 83.9 Å². The van der Waals surface area contributed by atoms with Crippen LogP contribution in [-0.2, 0) is 14.9 Å². The molecule has 0 bridgehead atoms. The Balaban J connectivity index is 0.0000102. The minimum absolute atomic E-state index is 0. The van der Waals surface area contributed by atoms with Gasteiger partial charge in [0.1, 0.15) is 25.7 Å². The van der Waals surface area contributed by atoms with Crippen molar-refractivity contribution < 1.29 is 62.0 Å². The van der Waals surface area contributed by atoms with E-state index in [-0.39, 0.29) is 65.4 Å². The molecule has 0 amide bonds. The van der Waals surface area contributed by atoms with Crippen molar-refractivity contribution in [1.82, 2.24) is 0 Å². The molecule has 1 heterocycles. The second kappa shape index (κ2) is 18.2. The van der Waals surface area contributed by atoms with Gasteiger partial charge in [0.25, 0.3) is 5.84 Å². The minimum Gasteiger partial charge on any atom is -0.748 e. The van der Waals surface area contributed by atoms with E-state index in [2.05, 4.69) is 24.1 Å². The van der Waals surface area contributed by atoms with Crippen molar-refractivity contribution in [3.63, 3.8) is 0 Å². The first-order valence-corrected chi connectivity index (χ1v) is 13.6. The van der Waals surface area contributed by atoms with Crippen molar-refractivity contribution in [1.29, 1.82) is 0 Å². The number of carbonyl (C=O) groups is 1. The summed E-state index contributed by atoms with van der Waals surface area (Å²) in [5.41, 5.74) is 0. The number of Topliss-reactive ketones (excluding diaryl/α,β-unsaturated/α-hetero) is 1. The molecular formula is C23H42N2NaO6S+. The Labute approximate surface area is 222 Å². The van der Waals surface area contributed by atoms with Gasteiger partial charge in [-0.2, -0.15) is 0 Å². The van der Waals surface area contributed by atoms with E-state index in [0.29, 0.717) is 25.9 Å². The van der Waals surface area contributed by atoms with Crippen LogP contribution in [0.5, 0.6) is 0 Å². The first-order valence-electron chi connectivity index (χ1n) is 12.1. The van der Waals surface area contributed by atoms with E-state index in [9.17, 15) is 28.0 Å². The van der Waals surface area contributed by atoms with E-state index in [1.807, 2.05) is 0 Å². The number of nitrogens with zero attached hydrogens (tertiary/aromatic N) is 2. The molecule has 1 aliphatic rings. The number of hydrogen-bond acceptors (Lipinski definition) is 7. The Kier molecular flexibility index (Phi) is 18.1. The summed E-state index contributed by atoms with van der Waals surface area (Å²) in [7, 11) is -4.58. The molecule has 2 unspecified atom stereocenters. The summed E-state index contributed by atoms with van der Waals surface area (Å²) in [6, 6.07) is 0. The van der Waals surface area contributed by atoms with Gasteiger partial charge in [-0.25, -0.2) is 13.4 Å². The molecule has 0 aromatic rings. The molecule has 1 rings (SSSR count). The quantitative estimate of drug-likeness (QED) is 0.0819. The van der Waals surface area contributed by atoms with Crippen LogP contribution in [0.2, 0.25) is 0 Å². The van der Waals surface area contributed by atoms with E-state index in [1.54, 1.807) is 0 Å². The van der Waals surface area contributed by atoms with Crippen LogP contribution in [0, 0.1) is 0 Å². The van der Waals surface area contributed by atoms with Crippen LogP contribution >= 0.6 is 0 Å². The second-order valence-corrected chi connectivity index (χ2v) is 10.2. The summed E-state index contributed by atoms with van der Waals surface area (Å²) in [6.45, 7) is 2.79. The van der Waals surface area contributed by atoms with Gasteiger partial charge in [0, 0.05) is 6.42 Å². The summed E-state index contributed by atoms with van der Waals surface area (Å²) in [5, 5.41) is 19.5. The number of aliphatic hydroxyl groups excluding tert-OH is 2. The molecular weight excluding hydrogens is 455 g/mol. The number of carbonyl (C=O) groups excluding carboxylic acids is 1. The monoisotopic (exact) mass is 497 g/mol. The zero-order valence-corrected chi connectivity index (χ0v) is 23.4. The molecule has 0 aromatic carbocycles. The summed E-state index contributed by atoms with van der Waals surface area (Å²) in [5.74, 6) is -0.786. The van der Waals surface area contributed by atoms with Gasteiger partial charge in [-0.15, -0.1) is 0 Å². The molecule has 0 spiro atoms. The van der Waals surface area contributed by atoms with Gasteiger partial charge < -0.3 is 14.8 Å². The van der Waals surface area contributed by atoms with Crippen LogP contribution in [0.25, 0.3) is 0 Å². The molecule has 0 aromatic heterocycles. The Hall–Kier alpha value is -0.130.